The van der Waals surface area contributed by atoms with Crippen molar-refractivity contribution in [3.05, 3.63) is 0 Å². The Morgan fingerprint density at radius 2 is 1.64 bits per heavy atom. The molecule has 0 rings (SSSR count). The molecular weight excluding hydrogens is 192 g/mol. The summed E-state index contributed by atoms with van der Waals surface area (Å²) < 4.78 is 0. The van der Waals surface area contributed by atoms with Gasteiger partial charge >= 0.3 is 0 Å². The summed E-state index contributed by atoms with van der Waals surface area (Å²) in [5.74, 6) is 0. The van der Waals surface area contributed by atoms with Crippen molar-refractivity contribution >= 4 is 14.3 Å². The van der Waals surface area contributed by atoms with Crippen molar-refractivity contribution in [2.24, 2.45) is 5.10 Å². The van der Waals surface area contributed by atoms with Gasteiger partial charge in [0.1, 0.15) is 0 Å². The molecule has 0 aromatic heterocycles. The Kier molecular flexibility index (Phi) is 6.03. The highest BCUT2D eigenvalue weighted by molar-refractivity contribution is 6.83. The monoisotopic (exact) mass is 216 g/mol. The number of rotatable bonds is 6. The minimum Gasteiger partial charge on any atom is -0.391 e. The highest BCUT2D eigenvalue weighted by Gasteiger charge is 2.34. The van der Waals surface area contributed by atoms with Crippen molar-refractivity contribution in [1.82, 2.24) is 5.01 Å². The zero-order valence-corrected chi connectivity index (χ0v) is 11.1. The Balaban J connectivity index is 4.51. The van der Waals surface area contributed by atoms with Crippen LogP contribution in [0.1, 0.15) is 20.8 Å². The summed E-state index contributed by atoms with van der Waals surface area (Å²) in [6.07, 6.45) is 1.71. The van der Waals surface area contributed by atoms with Crippen molar-refractivity contribution in [3.8, 4) is 0 Å². The van der Waals surface area contributed by atoms with Crippen molar-refractivity contribution < 1.29 is 5.11 Å². The third kappa shape index (κ3) is 3.42. The first-order valence-corrected chi connectivity index (χ1v) is 8.11. The molecular formula is C10H24N2OSi. The molecule has 0 saturated heterocycles. The first-order chi connectivity index (χ1) is 6.52. The molecule has 0 saturated carbocycles. The number of hydrogen-bond donors (Lipinski definition) is 1. The van der Waals surface area contributed by atoms with Crippen LogP contribution in [0.4, 0.5) is 0 Å². The maximum Gasteiger partial charge on any atom is 0.0935 e. The van der Waals surface area contributed by atoms with E-state index in [1.807, 2.05) is 14.1 Å². The van der Waals surface area contributed by atoms with Gasteiger partial charge in [-0.1, -0.05) is 38.9 Å². The SMILES string of the molecule is CC[Si](CC)(CC)C(O)C=NN(C)C. The second-order valence-electron chi connectivity index (χ2n) is 3.98. The third-order valence-corrected chi connectivity index (χ3v) is 8.81. The topological polar surface area (TPSA) is 35.8 Å². The Morgan fingerprint density at radius 3 is 1.93 bits per heavy atom. The number of hydrogen-bond acceptors (Lipinski definition) is 3. The third-order valence-electron chi connectivity index (χ3n) is 3.18. The minimum absolute atomic E-state index is 0.301. The minimum atomic E-state index is -1.51. The lowest BCUT2D eigenvalue weighted by atomic mass is 10.8. The zero-order valence-electron chi connectivity index (χ0n) is 10.1. The van der Waals surface area contributed by atoms with E-state index in [0.717, 1.165) is 18.1 Å². The van der Waals surface area contributed by atoms with Crippen LogP contribution in [0.5, 0.6) is 0 Å². The summed E-state index contributed by atoms with van der Waals surface area (Å²) in [7, 11) is 2.23. The average Bonchev–Trinajstić information content (AvgIpc) is 2.18. The second kappa shape index (κ2) is 6.19. The second-order valence-corrected chi connectivity index (χ2v) is 9.42. The summed E-state index contributed by atoms with van der Waals surface area (Å²) in [5, 5.41) is 15.9. The summed E-state index contributed by atoms with van der Waals surface area (Å²) in [6.45, 7) is 6.56. The van der Waals surface area contributed by atoms with E-state index in [9.17, 15) is 5.11 Å². The largest absolute Gasteiger partial charge is 0.391 e. The van der Waals surface area contributed by atoms with Gasteiger partial charge in [0.15, 0.2) is 0 Å². The van der Waals surface area contributed by atoms with Crippen molar-refractivity contribution in [2.75, 3.05) is 14.1 Å². The Labute approximate surface area is 88.8 Å². The van der Waals surface area contributed by atoms with Crippen LogP contribution >= 0.6 is 0 Å². The zero-order chi connectivity index (χ0) is 11.2. The molecule has 84 valence electrons. The van der Waals surface area contributed by atoms with Crippen LogP contribution in [0.2, 0.25) is 18.1 Å². The summed E-state index contributed by atoms with van der Waals surface area (Å²) >= 11 is 0. The van der Waals surface area contributed by atoms with Crippen LogP contribution < -0.4 is 0 Å². The van der Waals surface area contributed by atoms with E-state index in [0.29, 0.717) is 0 Å². The van der Waals surface area contributed by atoms with E-state index in [1.54, 1.807) is 11.2 Å². The fourth-order valence-corrected chi connectivity index (χ4v) is 4.87. The van der Waals surface area contributed by atoms with Gasteiger partial charge < -0.3 is 10.1 Å². The number of hydrazone groups is 1. The summed E-state index contributed by atoms with van der Waals surface area (Å²) in [4.78, 5) is 0. The molecule has 1 unspecified atom stereocenters. The predicted octanol–water partition coefficient (Wildman–Crippen LogP) is 1.94. The molecule has 0 aliphatic heterocycles. The van der Waals surface area contributed by atoms with Crippen LogP contribution in [0.3, 0.4) is 0 Å². The molecule has 0 aromatic carbocycles. The smallest absolute Gasteiger partial charge is 0.0935 e. The maximum atomic E-state index is 10.1. The van der Waals surface area contributed by atoms with E-state index < -0.39 is 8.07 Å². The van der Waals surface area contributed by atoms with E-state index in [1.165, 1.54) is 0 Å². The predicted molar refractivity (Wildman–Crippen MR) is 65.4 cm³/mol. The standard InChI is InChI=1S/C10H24N2OSi/c1-6-14(7-2,8-3)10(13)9-11-12(4)5/h9-10,13H,6-8H2,1-5H3. The molecule has 1 N–H and O–H groups in total. The van der Waals surface area contributed by atoms with Gasteiger partial charge in [-0.15, -0.1) is 0 Å². The van der Waals surface area contributed by atoms with Crippen molar-refractivity contribution in [2.45, 2.75) is 44.6 Å². The fourth-order valence-electron chi connectivity index (χ4n) is 1.73. The molecule has 0 aliphatic rings. The Bertz CT molecular complexity index is 171. The quantitative estimate of drug-likeness (QED) is 0.418. The first kappa shape index (κ1) is 13.6. The summed E-state index contributed by atoms with van der Waals surface area (Å²) in [6, 6.07) is 3.38. The van der Waals surface area contributed by atoms with Crippen molar-refractivity contribution in [1.29, 1.82) is 0 Å². The van der Waals surface area contributed by atoms with E-state index in [-0.39, 0.29) is 5.73 Å². The van der Waals surface area contributed by atoms with Crippen LogP contribution in [0, 0.1) is 0 Å². The molecule has 0 radical (unpaired) electrons. The lowest BCUT2D eigenvalue weighted by molar-refractivity contribution is 0.304. The first-order valence-electron chi connectivity index (χ1n) is 5.41. The Morgan fingerprint density at radius 1 is 1.21 bits per heavy atom. The molecule has 1 atom stereocenters. The van der Waals surface area contributed by atoms with Crippen LogP contribution in [-0.2, 0) is 0 Å². The summed E-state index contributed by atoms with van der Waals surface area (Å²) in [5.41, 5.74) is -0.301. The highest BCUT2D eigenvalue weighted by Crippen LogP contribution is 2.23. The van der Waals surface area contributed by atoms with E-state index in [4.69, 9.17) is 0 Å². The fraction of sp³-hybridized carbons (Fsp3) is 0.900. The van der Waals surface area contributed by atoms with Gasteiger partial charge in [-0.3, -0.25) is 0 Å². The molecule has 4 heteroatoms. The molecule has 0 heterocycles. The average molecular weight is 216 g/mol. The molecule has 0 aliphatic carbocycles. The number of aliphatic hydroxyl groups excluding tert-OH is 1. The number of nitrogens with zero attached hydrogens (tertiary/aromatic N) is 2. The molecule has 0 amide bonds. The molecule has 0 fully saturated rings. The lowest BCUT2D eigenvalue weighted by Gasteiger charge is -2.31. The van der Waals surface area contributed by atoms with Gasteiger partial charge in [0.05, 0.1) is 13.8 Å². The highest BCUT2D eigenvalue weighted by atomic mass is 28.3. The van der Waals surface area contributed by atoms with E-state index >= 15 is 0 Å². The van der Waals surface area contributed by atoms with E-state index in [2.05, 4.69) is 25.9 Å². The molecule has 0 aromatic rings. The van der Waals surface area contributed by atoms with Gasteiger partial charge in [0.25, 0.3) is 0 Å². The molecule has 0 spiro atoms. The van der Waals surface area contributed by atoms with Gasteiger partial charge in [-0.25, -0.2) is 0 Å². The maximum absolute atomic E-state index is 10.1. The molecule has 3 nitrogen and oxygen atoms in total. The Hall–Kier alpha value is -0.353. The van der Waals surface area contributed by atoms with Gasteiger partial charge in [-0.05, 0) is 0 Å². The molecule has 14 heavy (non-hydrogen) atoms. The van der Waals surface area contributed by atoms with Gasteiger partial charge in [-0.2, -0.15) is 5.10 Å². The van der Waals surface area contributed by atoms with Crippen molar-refractivity contribution in [3.63, 3.8) is 0 Å². The lowest BCUT2D eigenvalue weighted by Crippen LogP contribution is -2.47. The number of aliphatic hydroxyl groups is 1. The molecule has 0 bridgehead atoms. The van der Waals surface area contributed by atoms with Crippen LogP contribution in [-0.4, -0.2) is 44.2 Å². The normalized spacial score (nSPS) is 14.7. The van der Waals surface area contributed by atoms with Crippen LogP contribution in [0.15, 0.2) is 5.10 Å². The van der Waals surface area contributed by atoms with Gasteiger partial charge in [0, 0.05) is 20.3 Å². The van der Waals surface area contributed by atoms with Crippen LogP contribution in [0.25, 0.3) is 0 Å². The van der Waals surface area contributed by atoms with Gasteiger partial charge in [0.2, 0.25) is 0 Å².